The molecule has 0 heterocycles. The van der Waals surface area contributed by atoms with Gasteiger partial charge in [-0.2, -0.15) is 0 Å². The van der Waals surface area contributed by atoms with E-state index in [-0.39, 0.29) is 6.10 Å². The smallest absolute Gasteiger partial charge is 0.179 e. The molecule has 1 atom stereocenters. The summed E-state index contributed by atoms with van der Waals surface area (Å²) in [4.78, 5) is 0. The van der Waals surface area contributed by atoms with Crippen LogP contribution in [0.25, 0.3) is 0 Å². The second-order valence-electron chi connectivity index (χ2n) is 4.02. The van der Waals surface area contributed by atoms with Gasteiger partial charge in [-0.05, 0) is 31.5 Å². The van der Waals surface area contributed by atoms with Crippen LogP contribution in [0.2, 0.25) is 5.02 Å². The Morgan fingerprint density at radius 1 is 1.44 bits per heavy atom. The standard InChI is InChI=1S/C13H20ClNO3/c1-4-18-13-11(14)5-10(6-12(13)17-3)8-15-7-9(2)16/h5-6,9,15-16H,4,7-8H2,1-3H3/t9-/m0/s1. The van der Waals surface area contributed by atoms with E-state index >= 15 is 0 Å². The monoisotopic (exact) mass is 273 g/mol. The van der Waals surface area contributed by atoms with Crippen LogP contribution in [0.4, 0.5) is 0 Å². The number of rotatable bonds is 7. The summed E-state index contributed by atoms with van der Waals surface area (Å²) < 4.78 is 10.7. The zero-order valence-corrected chi connectivity index (χ0v) is 11.8. The maximum atomic E-state index is 9.17. The lowest BCUT2D eigenvalue weighted by Gasteiger charge is -2.14. The van der Waals surface area contributed by atoms with Crippen LogP contribution in [-0.2, 0) is 6.54 Å². The molecule has 1 aromatic rings. The molecule has 0 saturated carbocycles. The largest absolute Gasteiger partial charge is 0.493 e. The summed E-state index contributed by atoms with van der Waals surface area (Å²) in [6.45, 7) is 5.32. The van der Waals surface area contributed by atoms with Gasteiger partial charge in [0.05, 0.1) is 24.8 Å². The molecule has 0 saturated heterocycles. The van der Waals surface area contributed by atoms with Crippen LogP contribution < -0.4 is 14.8 Å². The van der Waals surface area contributed by atoms with E-state index < -0.39 is 0 Å². The van der Waals surface area contributed by atoms with Crippen LogP contribution in [0.3, 0.4) is 0 Å². The molecule has 0 amide bonds. The first-order chi connectivity index (χ1) is 8.58. The lowest BCUT2D eigenvalue weighted by atomic mass is 10.2. The molecule has 1 aromatic carbocycles. The normalized spacial score (nSPS) is 12.3. The summed E-state index contributed by atoms with van der Waals surface area (Å²) in [5, 5.41) is 12.8. The van der Waals surface area contributed by atoms with Gasteiger partial charge < -0.3 is 19.9 Å². The maximum Gasteiger partial charge on any atom is 0.179 e. The first-order valence-corrected chi connectivity index (χ1v) is 6.34. The summed E-state index contributed by atoms with van der Waals surface area (Å²) >= 11 is 6.15. The third-order valence-corrected chi connectivity index (χ3v) is 2.63. The van der Waals surface area contributed by atoms with E-state index in [9.17, 15) is 0 Å². The van der Waals surface area contributed by atoms with E-state index in [4.69, 9.17) is 26.2 Å². The zero-order chi connectivity index (χ0) is 13.5. The fourth-order valence-electron chi connectivity index (χ4n) is 1.59. The summed E-state index contributed by atoms with van der Waals surface area (Å²) in [6.07, 6.45) is -0.370. The van der Waals surface area contributed by atoms with Gasteiger partial charge in [-0.3, -0.25) is 0 Å². The Hall–Kier alpha value is -0.970. The van der Waals surface area contributed by atoms with Gasteiger partial charge >= 0.3 is 0 Å². The summed E-state index contributed by atoms with van der Waals surface area (Å²) in [5.41, 5.74) is 0.987. The highest BCUT2D eigenvalue weighted by Gasteiger charge is 2.11. The lowest BCUT2D eigenvalue weighted by Crippen LogP contribution is -2.23. The molecule has 0 aliphatic rings. The van der Waals surface area contributed by atoms with Gasteiger partial charge in [-0.1, -0.05) is 11.6 Å². The van der Waals surface area contributed by atoms with E-state index in [2.05, 4.69) is 5.32 Å². The Kier molecular flexibility index (Phi) is 6.25. The van der Waals surface area contributed by atoms with Crippen molar-refractivity contribution in [1.29, 1.82) is 0 Å². The molecular weight excluding hydrogens is 254 g/mol. The fourth-order valence-corrected chi connectivity index (χ4v) is 1.87. The SMILES string of the molecule is CCOc1c(Cl)cc(CNC[C@H](C)O)cc1OC. The van der Waals surface area contributed by atoms with E-state index in [0.29, 0.717) is 36.2 Å². The first-order valence-electron chi connectivity index (χ1n) is 5.96. The van der Waals surface area contributed by atoms with Crippen LogP contribution in [-0.4, -0.2) is 31.5 Å². The highest BCUT2D eigenvalue weighted by atomic mass is 35.5. The van der Waals surface area contributed by atoms with Crippen LogP contribution in [0.5, 0.6) is 11.5 Å². The molecule has 0 aliphatic carbocycles. The number of aliphatic hydroxyl groups is 1. The highest BCUT2D eigenvalue weighted by molar-refractivity contribution is 6.32. The van der Waals surface area contributed by atoms with E-state index in [1.54, 1.807) is 14.0 Å². The minimum absolute atomic E-state index is 0.370. The van der Waals surface area contributed by atoms with Crippen molar-refractivity contribution in [3.05, 3.63) is 22.7 Å². The van der Waals surface area contributed by atoms with Crippen molar-refractivity contribution in [3.8, 4) is 11.5 Å². The topological polar surface area (TPSA) is 50.7 Å². The quantitative estimate of drug-likeness (QED) is 0.800. The number of halogens is 1. The van der Waals surface area contributed by atoms with Gasteiger partial charge in [0.2, 0.25) is 0 Å². The molecule has 0 aromatic heterocycles. The molecule has 4 nitrogen and oxygen atoms in total. The molecule has 0 bridgehead atoms. The van der Waals surface area contributed by atoms with Crippen LogP contribution in [0.15, 0.2) is 12.1 Å². The van der Waals surface area contributed by atoms with E-state index in [1.807, 2.05) is 19.1 Å². The predicted molar refractivity (Wildman–Crippen MR) is 72.6 cm³/mol. The van der Waals surface area contributed by atoms with Gasteiger partial charge in [-0.25, -0.2) is 0 Å². The zero-order valence-electron chi connectivity index (χ0n) is 11.0. The number of nitrogens with one attached hydrogen (secondary N) is 1. The molecule has 18 heavy (non-hydrogen) atoms. The molecule has 1 rings (SSSR count). The van der Waals surface area contributed by atoms with Crippen LogP contribution >= 0.6 is 11.6 Å². The van der Waals surface area contributed by atoms with Crippen molar-refractivity contribution in [3.63, 3.8) is 0 Å². The molecule has 0 spiro atoms. The van der Waals surface area contributed by atoms with Gasteiger partial charge in [0, 0.05) is 13.1 Å². The van der Waals surface area contributed by atoms with Gasteiger partial charge in [-0.15, -0.1) is 0 Å². The molecule has 0 radical (unpaired) electrons. The Balaban J connectivity index is 2.79. The second kappa shape index (κ2) is 7.46. The third kappa shape index (κ3) is 4.37. The molecular formula is C13H20ClNO3. The van der Waals surface area contributed by atoms with Crippen molar-refractivity contribution < 1.29 is 14.6 Å². The van der Waals surface area contributed by atoms with E-state index in [0.717, 1.165) is 5.56 Å². The van der Waals surface area contributed by atoms with Gasteiger partial charge in [0.15, 0.2) is 11.5 Å². The predicted octanol–water partition coefficient (Wildman–Crippen LogP) is 2.22. The molecule has 2 N–H and O–H groups in total. The number of hydrogen-bond acceptors (Lipinski definition) is 4. The van der Waals surface area contributed by atoms with E-state index in [1.165, 1.54) is 0 Å². The summed E-state index contributed by atoms with van der Waals surface area (Å²) in [5.74, 6) is 1.19. The number of methoxy groups -OCH3 is 1. The molecule has 102 valence electrons. The highest BCUT2D eigenvalue weighted by Crippen LogP contribution is 2.36. The van der Waals surface area contributed by atoms with Crippen molar-refractivity contribution in [2.75, 3.05) is 20.3 Å². The van der Waals surface area contributed by atoms with Crippen molar-refractivity contribution in [1.82, 2.24) is 5.32 Å². The minimum atomic E-state index is -0.370. The minimum Gasteiger partial charge on any atom is -0.493 e. The van der Waals surface area contributed by atoms with Gasteiger partial charge in [0.1, 0.15) is 0 Å². The Morgan fingerprint density at radius 3 is 2.72 bits per heavy atom. The van der Waals surface area contributed by atoms with Crippen molar-refractivity contribution in [2.24, 2.45) is 0 Å². The second-order valence-corrected chi connectivity index (χ2v) is 4.43. The number of hydrogen-bond donors (Lipinski definition) is 2. The lowest BCUT2D eigenvalue weighted by molar-refractivity contribution is 0.191. The number of aliphatic hydroxyl groups excluding tert-OH is 1. The Morgan fingerprint density at radius 2 is 2.17 bits per heavy atom. The Labute approximate surface area is 113 Å². The number of benzene rings is 1. The average Bonchev–Trinajstić information content (AvgIpc) is 2.31. The maximum absolute atomic E-state index is 9.17. The summed E-state index contributed by atoms with van der Waals surface area (Å²) in [6, 6.07) is 3.72. The average molecular weight is 274 g/mol. The van der Waals surface area contributed by atoms with Crippen LogP contribution in [0, 0.1) is 0 Å². The molecule has 0 fully saturated rings. The fraction of sp³-hybridized carbons (Fsp3) is 0.538. The summed E-state index contributed by atoms with van der Waals surface area (Å²) in [7, 11) is 1.58. The first kappa shape index (κ1) is 15.1. The van der Waals surface area contributed by atoms with Crippen LogP contribution in [0.1, 0.15) is 19.4 Å². The van der Waals surface area contributed by atoms with Crippen molar-refractivity contribution >= 4 is 11.6 Å². The van der Waals surface area contributed by atoms with Gasteiger partial charge in [0.25, 0.3) is 0 Å². The molecule has 0 aliphatic heterocycles. The molecule has 5 heteroatoms. The number of ether oxygens (including phenoxy) is 2. The molecule has 0 unspecified atom stereocenters. The third-order valence-electron chi connectivity index (χ3n) is 2.35. The Bertz CT molecular complexity index is 383. The van der Waals surface area contributed by atoms with Crippen molar-refractivity contribution in [2.45, 2.75) is 26.5 Å².